The van der Waals surface area contributed by atoms with Crippen molar-refractivity contribution in [1.29, 1.82) is 0 Å². The summed E-state index contributed by atoms with van der Waals surface area (Å²) in [6.45, 7) is 5.28. The van der Waals surface area contributed by atoms with E-state index in [1.807, 2.05) is 0 Å². The highest BCUT2D eigenvalue weighted by molar-refractivity contribution is 5.96. The van der Waals surface area contributed by atoms with Crippen LogP contribution in [0.5, 0.6) is 0 Å². The lowest BCUT2D eigenvalue weighted by molar-refractivity contribution is -0.154. The van der Waals surface area contributed by atoms with E-state index in [1.54, 1.807) is 20.8 Å². The van der Waals surface area contributed by atoms with Crippen LogP contribution in [0.15, 0.2) is 18.2 Å². The molecule has 1 aromatic rings. The van der Waals surface area contributed by atoms with Crippen molar-refractivity contribution in [2.45, 2.75) is 45.6 Å². The zero-order valence-electron chi connectivity index (χ0n) is 11.8. The fourth-order valence-electron chi connectivity index (χ4n) is 1.60. The monoisotopic (exact) mass is 284 g/mol. The summed E-state index contributed by atoms with van der Waals surface area (Å²) in [7, 11) is 0. The topological polar surface area (TPSA) is 43.4 Å². The van der Waals surface area contributed by atoms with Crippen molar-refractivity contribution >= 4 is 11.8 Å². The zero-order valence-corrected chi connectivity index (χ0v) is 11.8. The largest absolute Gasteiger partial charge is 0.460 e. The fourth-order valence-corrected chi connectivity index (χ4v) is 1.60. The van der Waals surface area contributed by atoms with Gasteiger partial charge < -0.3 is 4.74 Å². The molecule has 0 aliphatic heterocycles. The molecular formula is C15H18F2O3. The van der Waals surface area contributed by atoms with E-state index in [1.165, 1.54) is 6.07 Å². The second-order valence-corrected chi connectivity index (χ2v) is 5.49. The number of benzene rings is 1. The first-order valence-corrected chi connectivity index (χ1v) is 6.39. The van der Waals surface area contributed by atoms with Crippen molar-refractivity contribution in [1.82, 2.24) is 0 Å². The van der Waals surface area contributed by atoms with E-state index < -0.39 is 17.2 Å². The van der Waals surface area contributed by atoms with Crippen molar-refractivity contribution in [2.24, 2.45) is 0 Å². The summed E-state index contributed by atoms with van der Waals surface area (Å²) in [5.74, 6) is -2.75. The number of carbonyl (C=O) groups excluding carboxylic acids is 2. The molecule has 0 fully saturated rings. The number of carbonyl (C=O) groups is 2. The van der Waals surface area contributed by atoms with Crippen molar-refractivity contribution in [2.75, 3.05) is 0 Å². The maximum atomic E-state index is 13.0. The van der Waals surface area contributed by atoms with Crippen molar-refractivity contribution in [3.8, 4) is 0 Å². The number of rotatable bonds is 5. The number of halogens is 2. The molecule has 110 valence electrons. The molecular weight excluding hydrogens is 266 g/mol. The van der Waals surface area contributed by atoms with Crippen LogP contribution in [0.2, 0.25) is 0 Å². The predicted molar refractivity (Wildman–Crippen MR) is 70.4 cm³/mol. The van der Waals surface area contributed by atoms with Crippen molar-refractivity contribution in [3.63, 3.8) is 0 Å². The molecule has 3 nitrogen and oxygen atoms in total. The zero-order chi connectivity index (χ0) is 15.3. The summed E-state index contributed by atoms with van der Waals surface area (Å²) >= 11 is 0. The molecule has 0 spiro atoms. The van der Waals surface area contributed by atoms with Crippen LogP contribution in [-0.4, -0.2) is 17.4 Å². The normalized spacial score (nSPS) is 11.2. The maximum absolute atomic E-state index is 13.0. The van der Waals surface area contributed by atoms with Gasteiger partial charge in [0.15, 0.2) is 17.4 Å². The van der Waals surface area contributed by atoms with Crippen LogP contribution >= 0.6 is 0 Å². The van der Waals surface area contributed by atoms with Gasteiger partial charge in [0.1, 0.15) is 5.60 Å². The smallest absolute Gasteiger partial charge is 0.306 e. The molecule has 0 bridgehead atoms. The molecule has 0 aliphatic carbocycles. The van der Waals surface area contributed by atoms with Gasteiger partial charge in [0.25, 0.3) is 0 Å². The Hall–Kier alpha value is -1.78. The lowest BCUT2D eigenvalue weighted by Gasteiger charge is -2.19. The van der Waals surface area contributed by atoms with Crippen molar-refractivity contribution < 1.29 is 23.1 Å². The third kappa shape index (κ3) is 5.47. The Kier molecular flexibility index (Phi) is 5.36. The second kappa shape index (κ2) is 6.59. The van der Waals surface area contributed by atoms with Gasteiger partial charge in [-0.05, 0) is 45.4 Å². The Morgan fingerprint density at radius 1 is 1.10 bits per heavy atom. The van der Waals surface area contributed by atoms with E-state index in [0.29, 0.717) is 6.42 Å². The Balaban J connectivity index is 2.44. The molecule has 1 aromatic carbocycles. The average molecular weight is 284 g/mol. The highest BCUT2D eigenvalue weighted by Gasteiger charge is 2.16. The molecule has 0 amide bonds. The van der Waals surface area contributed by atoms with Crippen molar-refractivity contribution in [3.05, 3.63) is 35.4 Å². The van der Waals surface area contributed by atoms with Gasteiger partial charge in [-0.15, -0.1) is 0 Å². The van der Waals surface area contributed by atoms with E-state index in [2.05, 4.69) is 0 Å². The second-order valence-electron chi connectivity index (χ2n) is 5.49. The number of hydrogen-bond donors (Lipinski definition) is 0. The van der Waals surface area contributed by atoms with Crippen LogP contribution in [0.1, 0.15) is 50.4 Å². The Morgan fingerprint density at radius 3 is 2.30 bits per heavy atom. The Bertz CT molecular complexity index is 504. The van der Waals surface area contributed by atoms with Gasteiger partial charge in [-0.3, -0.25) is 9.59 Å². The van der Waals surface area contributed by atoms with E-state index in [0.717, 1.165) is 12.1 Å². The first-order chi connectivity index (χ1) is 9.19. The molecule has 0 aliphatic rings. The average Bonchev–Trinajstić information content (AvgIpc) is 2.30. The van der Waals surface area contributed by atoms with Gasteiger partial charge in [-0.25, -0.2) is 8.78 Å². The third-order valence-electron chi connectivity index (χ3n) is 2.45. The molecule has 20 heavy (non-hydrogen) atoms. The summed E-state index contributed by atoms with van der Waals surface area (Å²) < 4.78 is 30.8. The van der Waals surface area contributed by atoms with Crippen LogP contribution in [0.3, 0.4) is 0 Å². The molecule has 0 N–H and O–H groups in total. The minimum atomic E-state index is -1.05. The lowest BCUT2D eigenvalue weighted by Crippen LogP contribution is -2.23. The summed E-state index contributed by atoms with van der Waals surface area (Å²) in [5.41, 5.74) is -0.450. The lowest BCUT2D eigenvalue weighted by atomic mass is 10.1. The highest BCUT2D eigenvalue weighted by atomic mass is 19.2. The standard InChI is InChI=1S/C15H18F2O3/c1-15(2,3)20-14(19)6-4-5-13(18)10-7-8-11(16)12(17)9-10/h7-9H,4-6H2,1-3H3. The molecule has 1 rings (SSSR count). The van der Waals surface area contributed by atoms with Crippen LogP contribution < -0.4 is 0 Å². The van der Waals surface area contributed by atoms with Crippen LogP contribution in [-0.2, 0) is 9.53 Å². The van der Waals surface area contributed by atoms with Crippen LogP contribution in [0.4, 0.5) is 8.78 Å². The minimum Gasteiger partial charge on any atom is -0.460 e. The molecule has 0 saturated heterocycles. The van der Waals surface area contributed by atoms with E-state index in [4.69, 9.17) is 4.74 Å². The van der Waals surface area contributed by atoms with E-state index in [9.17, 15) is 18.4 Å². The number of ether oxygens (including phenoxy) is 1. The summed E-state index contributed by atoms with van der Waals surface area (Å²) in [6, 6.07) is 3.01. The molecule has 5 heteroatoms. The molecule has 0 radical (unpaired) electrons. The molecule has 0 atom stereocenters. The molecule has 0 heterocycles. The highest BCUT2D eigenvalue weighted by Crippen LogP contribution is 2.14. The predicted octanol–water partition coefficient (Wildman–Crippen LogP) is 3.66. The van der Waals surface area contributed by atoms with Crippen LogP contribution in [0.25, 0.3) is 0 Å². The Labute approximate surface area is 116 Å². The number of hydrogen-bond acceptors (Lipinski definition) is 3. The third-order valence-corrected chi connectivity index (χ3v) is 2.45. The Morgan fingerprint density at radius 2 is 1.75 bits per heavy atom. The molecule has 0 aromatic heterocycles. The first kappa shape index (κ1) is 16.3. The minimum absolute atomic E-state index is 0.0876. The van der Waals surface area contributed by atoms with Gasteiger partial charge in [0.2, 0.25) is 0 Å². The van der Waals surface area contributed by atoms with Gasteiger partial charge in [-0.2, -0.15) is 0 Å². The molecule has 0 saturated carbocycles. The van der Waals surface area contributed by atoms with E-state index in [-0.39, 0.29) is 30.2 Å². The van der Waals surface area contributed by atoms with Gasteiger partial charge in [-0.1, -0.05) is 0 Å². The quantitative estimate of drug-likeness (QED) is 0.612. The molecule has 0 unspecified atom stereocenters. The maximum Gasteiger partial charge on any atom is 0.306 e. The summed E-state index contributed by atoms with van der Waals surface area (Å²) in [5, 5.41) is 0. The number of Topliss-reactive ketones (excluding diaryl/α,β-unsaturated/α-hetero) is 1. The SMILES string of the molecule is CC(C)(C)OC(=O)CCCC(=O)c1ccc(F)c(F)c1. The van der Waals surface area contributed by atoms with E-state index >= 15 is 0 Å². The van der Waals surface area contributed by atoms with Gasteiger partial charge >= 0.3 is 5.97 Å². The fraction of sp³-hybridized carbons (Fsp3) is 0.467. The summed E-state index contributed by atoms with van der Waals surface area (Å²) in [4.78, 5) is 23.2. The summed E-state index contributed by atoms with van der Waals surface area (Å²) in [6.07, 6.45) is 0.518. The van der Waals surface area contributed by atoms with Gasteiger partial charge in [0, 0.05) is 18.4 Å². The van der Waals surface area contributed by atoms with Gasteiger partial charge in [0.05, 0.1) is 0 Å². The first-order valence-electron chi connectivity index (χ1n) is 6.39. The number of ketones is 1. The number of esters is 1. The van der Waals surface area contributed by atoms with Crippen LogP contribution in [0, 0.1) is 11.6 Å².